The van der Waals surface area contributed by atoms with Crippen LogP contribution in [0, 0.1) is 12.1 Å². The second kappa shape index (κ2) is 14.3. The third-order valence-electron chi connectivity index (χ3n) is 10.8. The Morgan fingerprint density at radius 1 is 0.642 bits per heavy atom. The molecule has 0 radical (unpaired) electrons. The fraction of sp³-hybridized carbons (Fsp3) is 0.234. The van der Waals surface area contributed by atoms with E-state index in [1.807, 2.05) is 6.20 Å². The summed E-state index contributed by atoms with van der Waals surface area (Å²) in [5.74, 6) is 1.73. The Hall–Kier alpha value is -4.57. The predicted octanol–water partition coefficient (Wildman–Crippen LogP) is 11.1. The van der Waals surface area contributed by atoms with Crippen LogP contribution in [-0.4, -0.2) is 26.8 Å². The summed E-state index contributed by atoms with van der Waals surface area (Å²) in [4.78, 5) is 5.03. The molecule has 3 heterocycles. The van der Waals surface area contributed by atoms with Gasteiger partial charge in [-0.15, -0.1) is 17.5 Å². The Labute approximate surface area is 329 Å². The van der Waals surface area contributed by atoms with Crippen LogP contribution < -0.4 is 10.4 Å². The van der Waals surface area contributed by atoms with Crippen molar-refractivity contribution in [1.82, 2.24) is 18.7 Å². The fourth-order valence-electron chi connectivity index (χ4n) is 7.92. The first-order chi connectivity index (χ1) is 25.0. The molecule has 0 atom stereocenters. The number of imidazole rings is 1. The number of rotatable bonds is 8. The van der Waals surface area contributed by atoms with Gasteiger partial charge in [0, 0.05) is 50.6 Å². The van der Waals surface area contributed by atoms with Gasteiger partial charge in [-0.1, -0.05) is 82.7 Å². The van der Waals surface area contributed by atoms with E-state index >= 15 is 0 Å². The van der Waals surface area contributed by atoms with Gasteiger partial charge in [0.2, 0.25) is 0 Å². The summed E-state index contributed by atoms with van der Waals surface area (Å²) >= 11 is 0. The molecule has 0 unspecified atom stereocenters. The summed E-state index contributed by atoms with van der Waals surface area (Å²) in [5.41, 5.74) is 11.0. The molecule has 0 saturated carbocycles. The maximum absolute atomic E-state index is 5.03. The maximum atomic E-state index is 5.03. The number of fused-ring (bicyclic) bond motifs is 4. The molecule has 0 aliphatic rings. The molecule has 0 fully saturated rings. The van der Waals surface area contributed by atoms with Crippen LogP contribution in [0.3, 0.4) is 0 Å². The number of aromatic nitrogens is 4. The van der Waals surface area contributed by atoms with Crippen LogP contribution in [0.1, 0.15) is 70.5 Å². The number of pyridine rings is 1. The molecule has 0 aliphatic heterocycles. The van der Waals surface area contributed by atoms with Crippen LogP contribution in [-0.2, 0) is 21.1 Å². The van der Waals surface area contributed by atoms with Crippen molar-refractivity contribution in [1.29, 1.82) is 0 Å². The van der Waals surface area contributed by atoms with E-state index < -0.39 is 8.07 Å². The molecule has 270 valence electrons. The molecule has 53 heavy (non-hydrogen) atoms. The minimum atomic E-state index is -2.26. The molecule has 0 saturated heterocycles. The molecule has 0 aliphatic carbocycles. The quantitative estimate of drug-likeness (QED) is 0.110. The van der Waals surface area contributed by atoms with Crippen molar-refractivity contribution in [3.63, 3.8) is 0 Å². The topological polar surface area (TPSA) is 27.7 Å². The molecular weight excluding hydrogens is 844 g/mol. The Morgan fingerprint density at radius 2 is 1.28 bits per heavy atom. The summed E-state index contributed by atoms with van der Waals surface area (Å²) in [6.45, 7) is 18.5. The van der Waals surface area contributed by atoms with Crippen molar-refractivity contribution in [3.8, 4) is 22.6 Å². The average Bonchev–Trinajstić information content (AvgIpc) is 3.71. The Bertz CT molecular complexity index is 2580. The first-order valence-corrected chi connectivity index (χ1v) is 21.6. The minimum Gasteiger partial charge on any atom is -0.319 e. The molecular formula is C47H47N4PtSi-. The molecule has 8 rings (SSSR count). The summed E-state index contributed by atoms with van der Waals surface area (Å²) in [5, 5.41) is 4.90. The minimum absolute atomic E-state index is 0. The SMILES string of the molecule is CC(C)c1cccc(C(C)C)c1-c1ccnc(-n2c3[c-]c([Si](C)(C)c4[c-]c(-n5[cH+]n(C(C)C)c6ccccc65)ccc4)ccc3c3ccccc32)c1.[Pt]. The van der Waals surface area contributed by atoms with Gasteiger partial charge in [0.1, 0.15) is 5.82 Å². The van der Waals surface area contributed by atoms with Gasteiger partial charge in [-0.3, -0.25) is 0 Å². The van der Waals surface area contributed by atoms with Crippen molar-refractivity contribution >= 4 is 51.3 Å². The molecule has 6 heteroatoms. The summed E-state index contributed by atoms with van der Waals surface area (Å²) in [7, 11) is -2.26. The first-order valence-electron chi connectivity index (χ1n) is 18.6. The smallest absolute Gasteiger partial charge is 0.188 e. The van der Waals surface area contributed by atoms with E-state index in [1.54, 1.807) is 0 Å². The summed E-state index contributed by atoms with van der Waals surface area (Å²) < 4.78 is 6.95. The van der Waals surface area contributed by atoms with Gasteiger partial charge in [0.05, 0.1) is 14.1 Å². The van der Waals surface area contributed by atoms with E-state index in [2.05, 4.69) is 196 Å². The number of para-hydroxylation sites is 3. The molecule has 0 N–H and O–H groups in total. The molecule has 8 aromatic rings. The molecule has 5 aromatic carbocycles. The molecule has 0 amide bonds. The molecule has 0 spiro atoms. The second-order valence-electron chi connectivity index (χ2n) is 15.6. The largest absolute Gasteiger partial charge is 0.319 e. The van der Waals surface area contributed by atoms with E-state index in [0.717, 1.165) is 22.5 Å². The zero-order valence-corrected chi connectivity index (χ0v) is 35.2. The normalized spacial score (nSPS) is 12.1. The zero-order chi connectivity index (χ0) is 36.3. The van der Waals surface area contributed by atoms with Crippen molar-refractivity contribution in [3.05, 3.63) is 145 Å². The number of hydrogen-bond donors (Lipinski definition) is 0. The third kappa shape index (κ3) is 6.32. The van der Waals surface area contributed by atoms with Crippen molar-refractivity contribution in [2.24, 2.45) is 0 Å². The van der Waals surface area contributed by atoms with Crippen LogP contribution in [0.5, 0.6) is 0 Å². The monoisotopic (exact) mass is 890 g/mol. The number of nitrogens with zero attached hydrogens (tertiary/aromatic N) is 4. The summed E-state index contributed by atoms with van der Waals surface area (Å²) in [6.07, 6.45) is 4.20. The second-order valence-corrected chi connectivity index (χ2v) is 19.9. The predicted molar refractivity (Wildman–Crippen MR) is 223 cm³/mol. The van der Waals surface area contributed by atoms with Gasteiger partial charge >= 0.3 is 0 Å². The third-order valence-corrected chi connectivity index (χ3v) is 14.1. The van der Waals surface area contributed by atoms with Crippen molar-refractivity contribution < 1.29 is 21.1 Å². The maximum Gasteiger partial charge on any atom is 0.188 e. The van der Waals surface area contributed by atoms with Gasteiger partial charge in [-0.2, -0.15) is 40.7 Å². The van der Waals surface area contributed by atoms with Crippen LogP contribution in [0.15, 0.2) is 122 Å². The van der Waals surface area contributed by atoms with Crippen molar-refractivity contribution in [2.45, 2.75) is 72.5 Å². The van der Waals surface area contributed by atoms with E-state index in [0.29, 0.717) is 17.9 Å². The Morgan fingerprint density at radius 3 is 1.98 bits per heavy atom. The van der Waals surface area contributed by atoms with Crippen molar-refractivity contribution in [2.75, 3.05) is 0 Å². The first kappa shape index (κ1) is 36.8. The number of benzene rings is 5. The number of hydrogen-bond acceptors (Lipinski definition) is 1. The summed E-state index contributed by atoms with van der Waals surface area (Å²) in [6, 6.07) is 48.0. The van der Waals surface area contributed by atoms with Crippen LogP contribution in [0.25, 0.3) is 55.5 Å². The van der Waals surface area contributed by atoms with Gasteiger partial charge in [0.15, 0.2) is 17.4 Å². The Balaban J connectivity index is 0.00000435. The zero-order valence-electron chi connectivity index (χ0n) is 31.9. The average molecular weight is 891 g/mol. The van der Waals surface area contributed by atoms with Gasteiger partial charge in [-0.05, 0) is 83.7 Å². The van der Waals surface area contributed by atoms with Crippen LogP contribution >= 0.6 is 0 Å². The molecule has 4 nitrogen and oxygen atoms in total. The molecule has 0 bridgehead atoms. The fourth-order valence-corrected chi connectivity index (χ4v) is 10.1. The molecule has 3 aromatic heterocycles. The van der Waals surface area contributed by atoms with Gasteiger partial charge in [-0.25, -0.2) is 14.1 Å². The van der Waals surface area contributed by atoms with E-state index in [4.69, 9.17) is 4.98 Å². The van der Waals surface area contributed by atoms with Crippen LogP contribution in [0.4, 0.5) is 0 Å². The van der Waals surface area contributed by atoms with Crippen LogP contribution in [0.2, 0.25) is 13.1 Å². The van der Waals surface area contributed by atoms with E-state index in [-0.39, 0.29) is 21.1 Å². The Kier molecular flexibility index (Phi) is 9.95. The van der Waals surface area contributed by atoms with E-state index in [1.165, 1.54) is 54.4 Å². The van der Waals surface area contributed by atoms with E-state index in [9.17, 15) is 0 Å². The van der Waals surface area contributed by atoms with Gasteiger partial charge < -0.3 is 4.57 Å². The van der Waals surface area contributed by atoms with Gasteiger partial charge in [0.25, 0.3) is 0 Å². The standard InChI is InChI=1S/C47H47N4Si.Pt/c1-31(2)38-18-14-19-39(32(3)4)47(38)34-25-26-48-46(27-34)51-42-20-10-9-17-40(42)41-24-23-37(29-45(41)51)52(7,8)36-16-13-15-35(28-36)50-30-49(33(5)6)43-21-11-12-22-44(43)50;/h9-27,30-33H,1-8H3;/q-1;.